The summed E-state index contributed by atoms with van der Waals surface area (Å²) < 4.78 is 15.8. The molecule has 0 saturated carbocycles. The normalized spacial score (nSPS) is 12.2. The topological polar surface area (TPSA) is 63.1 Å². The van der Waals surface area contributed by atoms with Gasteiger partial charge in [0.1, 0.15) is 5.82 Å². The van der Waals surface area contributed by atoms with Gasteiger partial charge in [-0.3, -0.25) is 14.3 Å². The Morgan fingerprint density at radius 3 is 2.74 bits per heavy atom. The van der Waals surface area contributed by atoms with Gasteiger partial charge < -0.3 is 5.32 Å². The first kappa shape index (κ1) is 25.7. The number of benzene rings is 2. The first-order valence-electron chi connectivity index (χ1n) is 11.4. The average molecular weight is 484 g/mol. The molecule has 0 bridgehead atoms. The molecule has 1 atom stereocenters. The Hall–Kier alpha value is -2.87. The number of hydrogen-bond donors (Lipinski definition) is 1. The molecule has 6 nitrogen and oxygen atoms in total. The Bertz CT molecular complexity index is 1140. The second kappa shape index (κ2) is 12.0. The Balaban J connectivity index is 2.12. The van der Waals surface area contributed by atoms with Crippen molar-refractivity contribution in [3.63, 3.8) is 0 Å². The number of rotatable bonds is 12. The van der Waals surface area contributed by atoms with E-state index in [2.05, 4.69) is 33.9 Å². The molecule has 180 valence electrons. The number of hydrogen-bond acceptors (Lipinski definition) is 5. The fourth-order valence-corrected chi connectivity index (χ4v) is 4.12. The van der Waals surface area contributed by atoms with Crippen LogP contribution in [0.3, 0.4) is 0 Å². The van der Waals surface area contributed by atoms with Crippen molar-refractivity contribution in [2.24, 2.45) is 0 Å². The van der Waals surface area contributed by atoms with Crippen molar-refractivity contribution in [3.05, 3.63) is 88.7 Å². The number of allylic oxidation sites excluding steroid dienone is 1. The molecule has 0 amide bonds. The van der Waals surface area contributed by atoms with Gasteiger partial charge in [-0.15, -0.1) is 16.8 Å². The van der Waals surface area contributed by atoms with Gasteiger partial charge in [0.15, 0.2) is 17.4 Å². The van der Waals surface area contributed by atoms with Crippen LogP contribution in [0.2, 0.25) is 5.02 Å². The number of nitrogens with one attached hydrogen (secondary N) is 1. The van der Waals surface area contributed by atoms with Gasteiger partial charge >= 0.3 is 0 Å². The SMILES string of the molecule is C=CCCCNCc1nnc(C(CC)N(C)C)n1-c1ccc(Cl)cc1C(=O)c1cccc(F)c1. The van der Waals surface area contributed by atoms with Crippen LogP contribution in [-0.4, -0.2) is 46.1 Å². The zero-order chi connectivity index (χ0) is 24.7. The maximum Gasteiger partial charge on any atom is 0.195 e. The number of nitrogens with zero attached hydrogens (tertiary/aromatic N) is 4. The van der Waals surface area contributed by atoms with Crippen LogP contribution in [0.15, 0.2) is 55.1 Å². The number of carbonyl (C=O) groups excluding carboxylic acids is 1. The van der Waals surface area contributed by atoms with Gasteiger partial charge in [0, 0.05) is 16.1 Å². The van der Waals surface area contributed by atoms with Gasteiger partial charge in [0.05, 0.1) is 18.3 Å². The van der Waals surface area contributed by atoms with E-state index in [0.29, 0.717) is 28.6 Å². The third-order valence-corrected chi connectivity index (χ3v) is 5.87. The summed E-state index contributed by atoms with van der Waals surface area (Å²) in [5, 5.41) is 12.8. The van der Waals surface area contributed by atoms with Crippen LogP contribution in [0.25, 0.3) is 5.69 Å². The average Bonchev–Trinajstić information content (AvgIpc) is 3.21. The van der Waals surface area contributed by atoms with E-state index in [1.807, 2.05) is 24.7 Å². The van der Waals surface area contributed by atoms with Gasteiger partial charge in [-0.1, -0.05) is 36.7 Å². The molecular weight excluding hydrogens is 453 g/mol. The number of aromatic nitrogens is 3. The smallest absolute Gasteiger partial charge is 0.195 e. The van der Waals surface area contributed by atoms with Gasteiger partial charge in [-0.25, -0.2) is 4.39 Å². The Labute approximate surface area is 205 Å². The van der Waals surface area contributed by atoms with Crippen molar-refractivity contribution in [3.8, 4) is 5.69 Å². The third-order valence-electron chi connectivity index (χ3n) is 5.64. The number of halogens is 2. The van der Waals surface area contributed by atoms with Crippen molar-refractivity contribution in [2.75, 3.05) is 20.6 Å². The molecule has 3 aromatic rings. The summed E-state index contributed by atoms with van der Waals surface area (Å²) in [6.45, 7) is 7.12. The zero-order valence-corrected chi connectivity index (χ0v) is 20.6. The van der Waals surface area contributed by atoms with Crippen LogP contribution in [0.1, 0.15) is 59.8 Å². The Morgan fingerprint density at radius 1 is 1.26 bits per heavy atom. The highest BCUT2D eigenvalue weighted by molar-refractivity contribution is 6.31. The number of carbonyl (C=O) groups is 1. The Morgan fingerprint density at radius 2 is 2.06 bits per heavy atom. The van der Waals surface area contributed by atoms with Crippen LogP contribution in [0.4, 0.5) is 4.39 Å². The summed E-state index contributed by atoms with van der Waals surface area (Å²) in [4.78, 5) is 15.6. The summed E-state index contributed by atoms with van der Waals surface area (Å²) in [7, 11) is 3.97. The second-order valence-electron chi connectivity index (χ2n) is 8.31. The quantitative estimate of drug-likeness (QED) is 0.213. The highest BCUT2D eigenvalue weighted by Crippen LogP contribution is 2.29. The van der Waals surface area contributed by atoms with E-state index in [1.165, 1.54) is 18.2 Å². The molecule has 0 aliphatic heterocycles. The summed E-state index contributed by atoms with van der Waals surface area (Å²) in [6.07, 6.45) is 4.58. The van der Waals surface area contributed by atoms with Crippen LogP contribution >= 0.6 is 11.6 Å². The summed E-state index contributed by atoms with van der Waals surface area (Å²) >= 11 is 6.30. The van der Waals surface area contributed by atoms with Crippen LogP contribution in [0.5, 0.6) is 0 Å². The molecule has 0 aliphatic rings. The Kier molecular flexibility index (Phi) is 9.10. The largest absolute Gasteiger partial charge is 0.310 e. The highest BCUT2D eigenvalue weighted by Gasteiger charge is 2.26. The minimum Gasteiger partial charge on any atom is -0.310 e. The molecule has 8 heteroatoms. The molecule has 1 aromatic heterocycles. The molecule has 0 aliphatic carbocycles. The fraction of sp³-hybridized carbons (Fsp3) is 0.346. The highest BCUT2D eigenvalue weighted by atomic mass is 35.5. The lowest BCUT2D eigenvalue weighted by molar-refractivity contribution is 0.103. The fourth-order valence-electron chi connectivity index (χ4n) is 3.94. The third kappa shape index (κ3) is 5.97. The molecule has 0 spiro atoms. The van der Waals surface area contributed by atoms with Crippen molar-refractivity contribution >= 4 is 17.4 Å². The zero-order valence-electron chi connectivity index (χ0n) is 19.9. The molecule has 34 heavy (non-hydrogen) atoms. The van der Waals surface area contributed by atoms with E-state index < -0.39 is 5.82 Å². The van der Waals surface area contributed by atoms with E-state index in [1.54, 1.807) is 24.3 Å². The molecule has 1 N–H and O–H groups in total. The summed E-state index contributed by atoms with van der Waals surface area (Å²) in [5.41, 5.74) is 1.23. The van der Waals surface area contributed by atoms with Crippen LogP contribution < -0.4 is 5.32 Å². The molecule has 3 rings (SSSR count). The van der Waals surface area contributed by atoms with E-state index >= 15 is 0 Å². The molecule has 2 aromatic carbocycles. The standard InChI is InChI=1S/C26H31ClFN5O/c1-5-7-8-14-29-17-24-30-31-26(22(6-2)32(3)4)33(24)23-13-12-19(27)16-21(23)25(34)18-10-9-11-20(28)15-18/h5,9-13,15-16,22,29H,1,6-8,14,17H2,2-4H3. The van der Waals surface area contributed by atoms with Gasteiger partial charge in [-0.2, -0.15) is 0 Å². The predicted molar refractivity (Wildman–Crippen MR) is 134 cm³/mol. The maximum absolute atomic E-state index is 13.9. The molecule has 0 saturated heterocycles. The minimum atomic E-state index is -0.470. The molecular formula is C26H31ClFN5O. The second-order valence-corrected chi connectivity index (χ2v) is 8.74. The molecule has 1 unspecified atom stereocenters. The first-order chi connectivity index (χ1) is 16.4. The molecule has 1 heterocycles. The van der Waals surface area contributed by atoms with Crippen molar-refractivity contribution in [1.29, 1.82) is 0 Å². The minimum absolute atomic E-state index is 0.0187. The number of unbranched alkanes of at least 4 members (excludes halogenated alkanes) is 1. The number of ketones is 1. The predicted octanol–water partition coefficient (Wildman–Crippen LogP) is 5.36. The monoisotopic (exact) mass is 483 g/mol. The lowest BCUT2D eigenvalue weighted by Crippen LogP contribution is -2.25. The maximum atomic E-state index is 13.9. The van der Waals surface area contributed by atoms with E-state index in [4.69, 9.17) is 11.6 Å². The lowest BCUT2D eigenvalue weighted by atomic mass is 10.0. The molecule has 0 fully saturated rings. The van der Waals surface area contributed by atoms with Gasteiger partial charge in [0.2, 0.25) is 0 Å². The first-order valence-corrected chi connectivity index (χ1v) is 11.8. The summed E-state index contributed by atoms with van der Waals surface area (Å²) in [5.74, 6) is 0.623. The van der Waals surface area contributed by atoms with Crippen molar-refractivity contribution in [1.82, 2.24) is 25.0 Å². The lowest BCUT2D eigenvalue weighted by Gasteiger charge is -2.24. The van der Waals surface area contributed by atoms with E-state index in [-0.39, 0.29) is 17.4 Å². The van der Waals surface area contributed by atoms with E-state index in [9.17, 15) is 9.18 Å². The van der Waals surface area contributed by atoms with Gasteiger partial charge in [-0.05, 0) is 70.2 Å². The van der Waals surface area contributed by atoms with Crippen LogP contribution in [0, 0.1) is 5.82 Å². The van der Waals surface area contributed by atoms with Crippen molar-refractivity contribution < 1.29 is 9.18 Å². The molecule has 0 radical (unpaired) electrons. The van der Waals surface area contributed by atoms with Crippen LogP contribution in [-0.2, 0) is 6.54 Å². The summed E-state index contributed by atoms with van der Waals surface area (Å²) in [6, 6.07) is 10.8. The van der Waals surface area contributed by atoms with Crippen molar-refractivity contribution in [2.45, 2.75) is 38.8 Å². The van der Waals surface area contributed by atoms with E-state index in [0.717, 1.165) is 31.6 Å². The van der Waals surface area contributed by atoms with Gasteiger partial charge in [0.25, 0.3) is 0 Å².